The van der Waals surface area contributed by atoms with E-state index in [1.807, 2.05) is 16.9 Å². The number of methoxy groups -OCH3 is 1. The fraction of sp³-hybridized carbons (Fsp3) is 0.444. The summed E-state index contributed by atoms with van der Waals surface area (Å²) in [5, 5.41) is 15.6. The lowest BCUT2D eigenvalue weighted by molar-refractivity contribution is 0.111. The maximum atomic E-state index is 13.3. The zero-order valence-corrected chi connectivity index (χ0v) is 21.6. The molecule has 12 heteroatoms. The van der Waals surface area contributed by atoms with Gasteiger partial charge >= 0.3 is 6.03 Å². The number of nitrogens with one attached hydrogen (secondary N) is 2. The van der Waals surface area contributed by atoms with Gasteiger partial charge in [-0.3, -0.25) is 15.0 Å². The first-order valence-electron chi connectivity index (χ1n) is 12.9. The Morgan fingerprint density at radius 3 is 2.92 bits per heavy atom. The summed E-state index contributed by atoms with van der Waals surface area (Å²) in [6.45, 7) is 2.55. The van der Waals surface area contributed by atoms with Gasteiger partial charge in [-0.2, -0.15) is 5.26 Å². The van der Waals surface area contributed by atoms with E-state index in [0.717, 1.165) is 12.0 Å². The number of aromatic nitrogens is 2. The number of fused-ring (bicyclic) bond motifs is 1. The van der Waals surface area contributed by atoms with Crippen LogP contribution in [0.1, 0.15) is 46.4 Å². The summed E-state index contributed by atoms with van der Waals surface area (Å²) in [6, 6.07) is 5.28. The molecule has 2 fully saturated rings. The molecule has 0 aromatic carbocycles. The van der Waals surface area contributed by atoms with Crippen LogP contribution in [0.25, 0.3) is 0 Å². The third-order valence-electron chi connectivity index (χ3n) is 7.24. The van der Waals surface area contributed by atoms with Crippen LogP contribution in [0.2, 0.25) is 0 Å². The lowest BCUT2D eigenvalue weighted by Gasteiger charge is -2.29. The quantitative estimate of drug-likeness (QED) is 0.402. The predicted octanol–water partition coefficient (Wildman–Crippen LogP) is 2.28. The number of hydrogen-bond donors (Lipinski definition) is 2. The maximum absolute atomic E-state index is 13.3. The van der Waals surface area contributed by atoms with Gasteiger partial charge in [0, 0.05) is 51.2 Å². The van der Waals surface area contributed by atoms with Crippen LogP contribution in [-0.4, -0.2) is 78.7 Å². The van der Waals surface area contributed by atoms with E-state index >= 15 is 0 Å². The molecule has 12 nitrogen and oxygen atoms in total. The average molecular weight is 532 g/mol. The molecule has 5 rings (SSSR count). The van der Waals surface area contributed by atoms with Gasteiger partial charge in [0.2, 0.25) is 0 Å². The Morgan fingerprint density at radius 2 is 2.21 bits per heavy atom. The van der Waals surface area contributed by atoms with Crippen LogP contribution in [0.15, 0.2) is 24.0 Å². The van der Waals surface area contributed by atoms with Crippen molar-refractivity contribution in [2.75, 3.05) is 48.9 Å². The maximum Gasteiger partial charge on any atom is 0.328 e. The van der Waals surface area contributed by atoms with Crippen LogP contribution < -0.4 is 15.5 Å². The van der Waals surface area contributed by atoms with Gasteiger partial charge in [0.1, 0.15) is 41.1 Å². The number of aryl methyl sites for hydroxylation is 1. The molecule has 3 aliphatic rings. The topological polar surface area (TPSA) is 150 Å². The van der Waals surface area contributed by atoms with Crippen molar-refractivity contribution < 1.29 is 23.9 Å². The highest BCUT2D eigenvalue weighted by Crippen LogP contribution is 2.31. The lowest BCUT2D eigenvalue weighted by Crippen LogP contribution is -2.40. The number of likely N-dealkylation sites (tertiary alicyclic amines) is 1. The van der Waals surface area contributed by atoms with Crippen molar-refractivity contribution in [3.05, 3.63) is 46.4 Å². The molecule has 0 bridgehead atoms. The molecule has 5 heterocycles. The van der Waals surface area contributed by atoms with Crippen LogP contribution in [0, 0.1) is 11.3 Å². The number of hydrogen-bond acceptors (Lipinski definition) is 10. The summed E-state index contributed by atoms with van der Waals surface area (Å²) in [6.07, 6.45) is 4.67. The number of anilines is 3. The van der Waals surface area contributed by atoms with Crippen LogP contribution in [0.5, 0.6) is 0 Å². The van der Waals surface area contributed by atoms with Crippen molar-refractivity contribution in [1.82, 2.24) is 14.9 Å². The molecule has 0 saturated carbocycles. The van der Waals surface area contributed by atoms with Crippen molar-refractivity contribution >= 4 is 35.6 Å². The second-order valence-electron chi connectivity index (χ2n) is 9.67. The van der Waals surface area contributed by atoms with E-state index in [1.165, 1.54) is 11.1 Å². The minimum Gasteiger partial charge on any atom is -0.379 e. The summed E-state index contributed by atoms with van der Waals surface area (Å²) in [5.41, 5.74) is 3.10. The number of pyridine rings is 2. The van der Waals surface area contributed by atoms with Crippen molar-refractivity contribution in [1.29, 1.82) is 5.26 Å². The fourth-order valence-corrected chi connectivity index (χ4v) is 5.23. The normalized spacial score (nSPS) is 20.3. The number of amides is 2. The van der Waals surface area contributed by atoms with Crippen LogP contribution in [0.4, 0.5) is 22.1 Å². The number of carbonyl (C=O) groups excluding carboxylic acids is 3. The van der Waals surface area contributed by atoms with Crippen molar-refractivity contribution in [2.24, 2.45) is 0 Å². The van der Waals surface area contributed by atoms with Gasteiger partial charge in [0.15, 0.2) is 6.29 Å². The van der Waals surface area contributed by atoms with Crippen LogP contribution in [-0.2, 0) is 27.2 Å². The Hall–Kier alpha value is -4.30. The van der Waals surface area contributed by atoms with E-state index in [9.17, 15) is 19.6 Å². The molecule has 2 amide bonds. The highest BCUT2D eigenvalue weighted by molar-refractivity contribution is 6.01. The number of aldehydes is 1. The van der Waals surface area contributed by atoms with Gasteiger partial charge in [-0.05, 0) is 37.3 Å². The number of nitriles is 1. The second-order valence-corrected chi connectivity index (χ2v) is 9.67. The zero-order chi connectivity index (χ0) is 27.4. The van der Waals surface area contributed by atoms with Gasteiger partial charge in [-0.25, -0.2) is 19.6 Å². The standard InChI is InChI=1S/C27H29N7O5/c1-38-24-4-7-33(23(24)15-36)13-18-9-17-3-2-6-34(26(17)31-22(18)14-35)27(37)32-25-10-21(19(11-28)12-29-25)30-20-5-8-39-16-20/h9-10,12,14,20,24H,2-8,13,16H2,1H3,(H2,29,30,32,37)/t20-,24-/m1/s1. The summed E-state index contributed by atoms with van der Waals surface area (Å²) in [7, 11) is 1.55. The largest absolute Gasteiger partial charge is 0.379 e. The Balaban J connectivity index is 1.36. The summed E-state index contributed by atoms with van der Waals surface area (Å²) in [4.78, 5) is 49.0. The van der Waals surface area contributed by atoms with Crippen LogP contribution in [0.3, 0.4) is 0 Å². The fourth-order valence-electron chi connectivity index (χ4n) is 5.23. The number of rotatable bonds is 7. The predicted molar refractivity (Wildman–Crippen MR) is 141 cm³/mol. The Morgan fingerprint density at radius 1 is 1.33 bits per heavy atom. The first-order chi connectivity index (χ1) is 19.0. The third-order valence-corrected chi connectivity index (χ3v) is 7.24. The lowest BCUT2D eigenvalue weighted by atomic mass is 10.0. The van der Waals surface area contributed by atoms with Crippen molar-refractivity contribution in [2.45, 2.75) is 44.4 Å². The smallest absolute Gasteiger partial charge is 0.328 e. The van der Waals surface area contributed by atoms with Gasteiger partial charge in [-0.1, -0.05) is 0 Å². The number of urea groups is 1. The number of ether oxygens (including phenoxy) is 2. The molecule has 202 valence electrons. The van der Waals surface area contributed by atoms with E-state index in [4.69, 9.17) is 9.47 Å². The van der Waals surface area contributed by atoms with Crippen LogP contribution >= 0.6 is 0 Å². The summed E-state index contributed by atoms with van der Waals surface area (Å²) < 4.78 is 10.8. The van der Waals surface area contributed by atoms with E-state index < -0.39 is 6.03 Å². The molecule has 0 aliphatic carbocycles. The molecule has 2 aromatic heterocycles. The summed E-state index contributed by atoms with van der Waals surface area (Å²) in [5.74, 6) is 2.68. The molecule has 2 N–H and O–H groups in total. The molecule has 39 heavy (non-hydrogen) atoms. The van der Waals surface area contributed by atoms with E-state index in [0.29, 0.717) is 86.7 Å². The number of nitrogens with zero attached hydrogens (tertiary/aromatic N) is 5. The second kappa shape index (κ2) is 11.6. The molecule has 2 atom stereocenters. The molecule has 3 aliphatic heterocycles. The molecular formula is C27H29N7O5. The zero-order valence-electron chi connectivity index (χ0n) is 21.6. The highest BCUT2D eigenvalue weighted by atomic mass is 16.5. The third kappa shape index (κ3) is 5.47. The van der Waals surface area contributed by atoms with Gasteiger partial charge in [0.05, 0.1) is 23.9 Å². The number of carbonyl (C=O) groups is 2. The average Bonchev–Trinajstić information content (AvgIpc) is 3.61. The molecule has 0 unspecified atom stereocenters. The Bertz CT molecular complexity index is 1360. The van der Waals surface area contributed by atoms with Gasteiger partial charge in [-0.15, -0.1) is 0 Å². The minimum atomic E-state index is -0.436. The van der Waals surface area contributed by atoms with Crippen molar-refractivity contribution in [3.8, 4) is 6.07 Å². The minimum absolute atomic E-state index is 0.0798. The SMILES string of the molecule is CO[C@@H]1CCN(Cc2cc3c(nc2C=O)N(C(=O)Nc2cc(N[C@@H]4CCOC4)c(C#N)cn2)CCC3)C1=C=O. The first kappa shape index (κ1) is 26.3. The molecule has 0 spiro atoms. The molecule has 2 saturated heterocycles. The first-order valence-corrected chi connectivity index (χ1v) is 12.9. The van der Waals surface area contributed by atoms with Crippen molar-refractivity contribution in [3.63, 3.8) is 0 Å². The molecular weight excluding hydrogens is 502 g/mol. The molecule has 2 aromatic rings. The van der Waals surface area contributed by atoms with E-state index in [-0.39, 0.29) is 23.7 Å². The van der Waals surface area contributed by atoms with Gasteiger partial charge < -0.3 is 19.7 Å². The Kier molecular flexibility index (Phi) is 7.84. The molecule has 0 radical (unpaired) electrons. The van der Waals surface area contributed by atoms with E-state index in [1.54, 1.807) is 13.2 Å². The highest BCUT2D eigenvalue weighted by Gasteiger charge is 2.31. The Labute approximate surface area is 225 Å². The van der Waals surface area contributed by atoms with Gasteiger partial charge in [0.25, 0.3) is 0 Å². The summed E-state index contributed by atoms with van der Waals surface area (Å²) >= 11 is 0. The monoisotopic (exact) mass is 531 g/mol. The van der Waals surface area contributed by atoms with E-state index in [2.05, 4.69) is 26.7 Å².